The van der Waals surface area contributed by atoms with E-state index < -0.39 is 29.7 Å². The number of halogens is 2. The van der Waals surface area contributed by atoms with Gasteiger partial charge in [0.2, 0.25) is 0 Å². The summed E-state index contributed by atoms with van der Waals surface area (Å²) in [6.45, 7) is 0.578. The summed E-state index contributed by atoms with van der Waals surface area (Å²) in [7, 11) is 0. The molecule has 5 heteroatoms. The zero-order chi connectivity index (χ0) is 17.1. The third-order valence-corrected chi connectivity index (χ3v) is 4.49. The molecule has 0 spiro atoms. The standard InChI is InChI=1S/C19H19F2NO2/c20-15-7-3-5-13(11-15)18(14-6-4-8-16(21)12-14)22-10-2-1-9-17(22)19(23)24/h3-8,11-12,17-18H,1-2,9-10H2,(H,23,24). The van der Waals surface area contributed by atoms with E-state index in [2.05, 4.69) is 0 Å². The molecule has 0 bridgehead atoms. The van der Waals surface area contributed by atoms with E-state index in [1.54, 1.807) is 24.3 Å². The second-order valence-corrected chi connectivity index (χ2v) is 6.10. The third-order valence-electron chi connectivity index (χ3n) is 4.49. The van der Waals surface area contributed by atoms with Crippen LogP contribution in [0.25, 0.3) is 0 Å². The molecule has 2 aromatic rings. The van der Waals surface area contributed by atoms with Gasteiger partial charge in [0.25, 0.3) is 0 Å². The zero-order valence-electron chi connectivity index (χ0n) is 13.2. The fourth-order valence-electron chi connectivity index (χ4n) is 3.46. The van der Waals surface area contributed by atoms with Crippen LogP contribution in [0.1, 0.15) is 36.4 Å². The number of hydrogen-bond donors (Lipinski definition) is 1. The van der Waals surface area contributed by atoms with E-state index in [1.165, 1.54) is 24.3 Å². The number of likely N-dealkylation sites (tertiary alicyclic amines) is 1. The lowest BCUT2D eigenvalue weighted by Gasteiger charge is -2.39. The average Bonchev–Trinajstić information content (AvgIpc) is 2.56. The second kappa shape index (κ2) is 7.09. The number of nitrogens with zero attached hydrogens (tertiary/aromatic N) is 1. The van der Waals surface area contributed by atoms with Crippen LogP contribution < -0.4 is 0 Å². The minimum atomic E-state index is -0.896. The minimum absolute atomic E-state index is 0.391. The molecular weight excluding hydrogens is 312 g/mol. The summed E-state index contributed by atoms with van der Waals surface area (Å²) in [5.74, 6) is -1.68. The van der Waals surface area contributed by atoms with Crippen molar-refractivity contribution in [3.63, 3.8) is 0 Å². The molecule has 0 aliphatic carbocycles. The van der Waals surface area contributed by atoms with Crippen LogP contribution in [0, 0.1) is 11.6 Å². The van der Waals surface area contributed by atoms with Crippen molar-refractivity contribution in [3.05, 3.63) is 71.3 Å². The Labute approximate surface area is 139 Å². The second-order valence-electron chi connectivity index (χ2n) is 6.10. The molecule has 1 aliphatic rings. The average molecular weight is 331 g/mol. The predicted octanol–water partition coefficient (Wildman–Crippen LogP) is 3.99. The Morgan fingerprint density at radius 3 is 2.12 bits per heavy atom. The van der Waals surface area contributed by atoms with E-state index in [1.807, 2.05) is 4.90 Å². The molecule has 0 saturated carbocycles. The van der Waals surface area contributed by atoms with Gasteiger partial charge in [-0.2, -0.15) is 0 Å². The molecule has 0 aromatic heterocycles. The molecule has 1 N–H and O–H groups in total. The van der Waals surface area contributed by atoms with Gasteiger partial charge in [-0.3, -0.25) is 9.69 Å². The molecule has 2 aromatic carbocycles. The van der Waals surface area contributed by atoms with Gasteiger partial charge in [0.05, 0.1) is 6.04 Å². The summed E-state index contributed by atoms with van der Waals surface area (Å²) in [5, 5.41) is 9.57. The normalized spacial score (nSPS) is 18.7. The van der Waals surface area contributed by atoms with Crippen molar-refractivity contribution in [1.82, 2.24) is 4.90 Å². The number of carboxylic acids is 1. The Kier molecular flexibility index (Phi) is 4.90. The van der Waals surface area contributed by atoms with Crippen LogP contribution >= 0.6 is 0 Å². The topological polar surface area (TPSA) is 40.5 Å². The van der Waals surface area contributed by atoms with Crippen LogP contribution in [0.15, 0.2) is 48.5 Å². The van der Waals surface area contributed by atoms with Crippen LogP contribution in [-0.4, -0.2) is 28.6 Å². The van der Waals surface area contributed by atoms with Gasteiger partial charge in [0.1, 0.15) is 17.7 Å². The van der Waals surface area contributed by atoms with Gasteiger partial charge < -0.3 is 5.11 Å². The highest BCUT2D eigenvalue weighted by Crippen LogP contribution is 2.34. The molecule has 24 heavy (non-hydrogen) atoms. The first kappa shape index (κ1) is 16.6. The molecule has 1 saturated heterocycles. The fraction of sp³-hybridized carbons (Fsp3) is 0.316. The van der Waals surface area contributed by atoms with Gasteiger partial charge in [-0.05, 0) is 54.8 Å². The number of aliphatic carboxylic acids is 1. The quantitative estimate of drug-likeness (QED) is 0.921. The monoisotopic (exact) mass is 331 g/mol. The summed E-state index contributed by atoms with van der Waals surface area (Å²) < 4.78 is 27.5. The van der Waals surface area contributed by atoms with Gasteiger partial charge in [0.15, 0.2) is 0 Å². The van der Waals surface area contributed by atoms with Crippen molar-refractivity contribution >= 4 is 5.97 Å². The van der Waals surface area contributed by atoms with Crippen molar-refractivity contribution in [2.75, 3.05) is 6.54 Å². The molecular formula is C19H19F2NO2. The van der Waals surface area contributed by atoms with E-state index in [0.29, 0.717) is 24.1 Å². The summed E-state index contributed by atoms with van der Waals surface area (Å²) in [6, 6.07) is 11.0. The molecule has 1 unspecified atom stereocenters. The highest BCUT2D eigenvalue weighted by molar-refractivity contribution is 5.73. The fourth-order valence-corrected chi connectivity index (χ4v) is 3.46. The Balaban J connectivity index is 2.09. The van der Waals surface area contributed by atoms with Crippen LogP contribution in [0.2, 0.25) is 0 Å². The number of piperidine rings is 1. The van der Waals surface area contributed by atoms with Crippen LogP contribution in [0.5, 0.6) is 0 Å². The van der Waals surface area contributed by atoms with Gasteiger partial charge in [-0.1, -0.05) is 30.7 Å². The first-order valence-corrected chi connectivity index (χ1v) is 8.06. The Bertz CT molecular complexity index is 689. The summed E-state index contributed by atoms with van der Waals surface area (Å²) >= 11 is 0. The predicted molar refractivity (Wildman–Crippen MR) is 86.6 cm³/mol. The molecule has 1 atom stereocenters. The first-order chi connectivity index (χ1) is 11.6. The van der Waals surface area contributed by atoms with Crippen LogP contribution in [-0.2, 0) is 4.79 Å². The molecule has 1 fully saturated rings. The Morgan fingerprint density at radius 2 is 1.62 bits per heavy atom. The lowest BCUT2D eigenvalue weighted by molar-refractivity contribution is -0.145. The maximum Gasteiger partial charge on any atom is 0.320 e. The van der Waals surface area contributed by atoms with Gasteiger partial charge >= 0.3 is 5.97 Å². The number of carbonyl (C=O) groups is 1. The largest absolute Gasteiger partial charge is 0.480 e. The Morgan fingerprint density at radius 1 is 1.04 bits per heavy atom. The molecule has 1 heterocycles. The van der Waals surface area contributed by atoms with E-state index in [0.717, 1.165) is 12.8 Å². The van der Waals surface area contributed by atoms with Crippen molar-refractivity contribution in [3.8, 4) is 0 Å². The Hall–Kier alpha value is -2.27. The molecule has 126 valence electrons. The van der Waals surface area contributed by atoms with Crippen molar-refractivity contribution < 1.29 is 18.7 Å². The lowest BCUT2D eigenvalue weighted by Crippen LogP contribution is -2.46. The number of hydrogen-bond acceptors (Lipinski definition) is 2. The molecule has 0 amide bonds. The van der Waals surface area contributed by atoms with E-state index in [4.69, 9.17) is 0 Å². The smallest absolute Gasteiger partial charge is 0.320 e. The van der Waals surface area contributed by atoms with Crippen molar-refractivity contribution in [2.45, 2.75) is 31.3 Å². The van der Waals surface area contributed by atoms with Gasteiger partial charge in [-0.25, -0.2) is 8.78 Å². The first-order valence-electron chi connectivity index (χ1n) is 8.06. The number of carboxylic acid groups (broad SMARTS) is 1. The summed E-state index contributed by atoms with van der Waals surface area (Å²) in [5.41, 5.74) is 1.27. The summed E-state index contributed by atoms with van der Waals surface area (Å²) in [6.07, 6.45) is 2.24. The van der Waals surface area contributed by atoms with Crippen molar-refractivity contribution in [2.24, 2.45) is 0 Å². The lowest BCUT2D eigenvalue weighted by atomic mass is 9.91. The highest BCUT2D eigenvalue weighted by Gasteiger charge is 2.35. The van der Waals surface area contributed by atoms with Crippen molar-refractivity contribution in [1.29, 1.82) is 0 Å². The third kappa shape index (κ3) is 3.46. The highest BCUT2D eigenvalue weighted by atomic mass is 19.1. The van der Waals surface area contributed by atoms with E-state index in [-0.39, 0.29) is 0 Å². The van der Waals surface area contributed by atoms with E-state index >= 15 is 0 Å². The molecule has 0 radical (unpaired) electrons. The SMILES string of the molecule is O=C(O)C1CCCCN1C(c1cccc(F)c1)c1cccc(F)c1. The molecule has 3 rings (SSSR count). The van der Waals surface area contributed by atoms with Crippen LogP contribution in [0.3, 0.4) is 0 Å². The maximum atomic E-state index is 13.7. The minimum Gasteiger partial charge on any atom is -0.480 e. The summed E-state index contributed by atoms with van der Waals surface area (Å²) in [4.78, 5) is 13.5. The zero-order valence-corrected chi connectivity index (χ0v) is 13.2. The van der Waals surface area contributed by atoms with Gasteiger partial charge in [-0.15, -0.1) is 0 Å². The van der Waals surface area contributed by atoms with Crippen LogP contribution in [0.4, 0.5) is 8.78 Å². The number of benzene rings is 2. The number of rotatable bonds is 4. The van der Waals surface area contributed by atoms with E-state index in [9.17, 15) is 18.7 Å². The maximum absolute atomic E-state index is 13.7. The molecule has 1 aliphatic heterocycles. The van der Waals surface area contributed by atoms with Gasteiger partial charge in [0, 0.05) is 0 Å². The molecule has 3 nitrogen and oxygen atoms in total.